The van der Waals surface area contributed by atoms with Crippen LogP contribution < -0.4 is 5.22 Å². The van der Waals surface area contributed by atoms with E-state index in [1.54, 1.807) is 0 Å². The highest BCUT2D eigenvalue weighted by Crippen LogP contribution is 2.54. The van der Waals surface area contributed by atoms with E-state index in [1.165, 1.54) is 159 Å². The molecule has 79 heavy (non-hydrogen) atoms. The fourth-order valence-electron chi connectivity index (χ4n) is 13.9. The Bertz CT molecular complexity index is 4470. The summed E-state index contributed by atoms with van der Waals surface area (Å²) in [5.74, 6) is 0. The van der Waals surface area contributed by atoms with Crippen LogP contribution in [0.5, 0.6) is 0 Å². The van der Waals surface area contributed by atoms with E-state index in [4.69, 9.17) is 0 Å². The second-order valence-electron chi connectivity index (χ2n) is 29.7. The van der Waals surface area contributed by atoms with Crippen LogP contribution in [0.2, 0.25) is 0 Å². The topological polar surface area (TPSA) is 0 Å². The smallest absolute Gasteiger partial charge is 0.0143 e. The number of allylic oxidation sites excluding steroid dienone is 4. The average Bonchev–Trinajstić information content (AvgIpc) is 2.23. The molecule has 0 fully saturated rings. The minimum atomic E-state index is -0.229. The Morgan fingerprint density at radius 2 is 0.911 bits per heavy atom. The molecule has 0 aliphatic heterocycles. The van der Waals surface area contributed by atoms with Crippen molar-refractivity contribution in [2.45, 2.75) is 163 Å². The maximum Gasteiger partial charge on any atom is 0.0143 e. The first-order valence-electron chi connectivity index (χ1n) is 29.4. The van der Waals surface area contributed by atoms with Gasteiger partial charge in [-0.05, 0) is 217 Å². The largest absolute Gasteiger partial charge is 0.0798 e. The first-order chi connectivity index (χ1) is 37.1. The Kier molecular flexibility index (Phi) is 11.1. The van der Waals surface area contributed by atoms with Gasteiger partial charge in [0.15, 0.2) is 0 Å². The van der Waals surface area contributed by atoms with Gasteiger partial charge in [-0.1, -0.05) is 251 Å². The molecule has 13 rings (SSSR count). The van der Waals surface area contributed by atoms with Crippen LogP contribution >= 0.6 is 0 Å². The van der Waals surface area contributed by atoms with Crippen LogP contribution in [0.3, 0.4) is 0 Å². The quantitative estimate of drug-likeness (QED) is 0.151. The fourth-order valence-corrected chi connectivity index (χ4v) is 13.9. The summed E-state index contributed by atoms with van der Waals surface area (Å²) in [5, 5.41) is 20.2. The van der Waals surface area contributed by atoms with Crippen molar-refractivity contribution in [3.05, 3.63) is 195 Å². The van der Waals surface area contributed by atoms with E-state index in [1.807, 2.05) is 0 Å². The lowest BCUT2D eigenvalue weighted by molar-refractivity contribution is 0.568. The first kappa shape index (κ1) is 51.4. The van der Waals surface area contributed by atoms with Gasteiger partial charge in [0.2, 0.25) is 0 Å². The minimum Gasteiger partial charge on any atom is -0.0798 e. The molecule has 0 heterocycles. The van der Waals surface area contributed by atoms with Crippen LogP contribution in [0, 0.1) is 0 Å². The molecule has 0 amide bonds. The summed E-state index contributed by atoms with van der Waals surface area (Å²) >= 11 is 0. The van der Waals surface area contributed by atoms with Gasteiger partial charge in [0, 0.05) is 5.41 Å². The second kappa shape index (κ2) is 17.0. The number of fused-ring (bicyclic) bond motifs is 12. The predicted molar refractivity (Wildman–Crippen MR) is 348 cm³/mol. The summed E-state index contributed by atoms with van der Waals surface area (Å²) in [6.45, 7) is 40.7. The summed E-state index contributed by atoms with van der Waals surface area (Å²) in [6.07, 6.45) is 11.8. The summed E-state index contributed by atoms with van der Waals surface area (Å²) in [4.78, 5) is 0. The number of rotatable bonds is 2. The Morgan fingerprint density at radius 1 is 0.367 bits per heavy atom. The zero-order valence-electron chi connectivity index (χ0n) is 50.3. The molecule has 0 radical (unpaired) electrons. The molecule has 396 valence electrons. The van der Waals surface area contributed by atoms with E-state index in [9.17, 15) is 0 Å². The first-order valence-corrected chi connectivity index (χ1v) is 29.4. The van der Waals surface area contributed by atoms with Crippen molar-refractivity contribution in [3.63, 3.8) is 0 Å². The van der Waals surface area contributed by atoms with Gasteiger partial charge in [0.05, 0.1) is 0 Å². The molecule has 0 atom stereocenters. The Morgan fingerprint density at radius 3 is 1.52 bits per heavy atom. The molecule has 4 bridgehead atoms. The van der Waals surface area contributed by atoms with Crippen molar-refractivity contribution >= 4 is 81.5 Å². The highest BCUT2D eigenvalue weighted by atomic mass is 14.4. The molecule has 0 aromatic heterocycles. The molecule has 11 aromatic rings. The SMILES string of the molecule is CC(C)(C)c1cc(-c2c3c4c5c6c(ccc5c3c(-c3cc(C(C)(C)C)cc(C(C)(C)C)c3)c3cc5c7ccccc7c7cccc(c23)c75)-c2cc(C(C)(C)C)cc3ccc(cc23)C(C)(C)C(=CCC=4)C=CC6)cc(C(C)(C)C)c1. The normalized spacial score (nSPS) is 15.3. The summed E-state index contributed by atoms with van der Waals surface area (Å²) in [5.41, 5.74) is 18.3. The Hall–Kier alpha value is -7.02. The standard InChI is InChI=1S/C79H80/c1-74(2,3)50-36-46(37-51(40-50)75(4,5)6)67-66-44-65-56-26-19-18-25-55(56)58-28-22-30-60(70(58)65)71(66)68(47-38-52(76(7,8)9)41-53(39-47)77(10,11)12)73-61-29-21-24-48-23-20-27-59-57(33-34-62(69(59)61)72(67)73)64-43-54(78(13,14)15)35-45-31-32-49(42-63(45)64)79(48,16)17/h18-20,22-26,28-44H,21,27H2,1-17H3. The lowest BCUT2D eigenvalue weighted by Crippen LogP contribution is -2.19. The van der Waals surface area contributed by atoms with Crippen LogP contribution in [0.1, 0.15) is 163 Å². The predicted octanol–water partition coefficient (Wildman–Crippen LogP) is 21.9. The van der Waals surface area contributed by atoms with Crippen molar-refractivity contribution in [2.75, 3.05) is 0 Å². The van der Waals surface area contributed by atoms with Crippen LogP contribution in [0.15, 0.2) is 151 Å². The van der Waals surface area contributed by atoms with Crippen molar-refractivity contribution in [2.24, 2.45) is 0 Å². The van der Waals surface area contributed by atoms with E-state index >= 15 is 0 Å². The van der Waals surface area contributed by atoms with Crippen LogP contribution in [0.25, 0.3) is 115 Å². The molecule has 11 aromatic carbocycles. The van der Waals surface area contributed by atoms with E-state index in [0.717, 1.165) is 12.8 Å². The van der Waals surface area contributed by atoms with Crippen LogP contribution in [-0.2, 0) is 38.9 Å². The molecule has 0 unspecified atom stereocenters. The molecule has 0 saturated heterocycles. The van der Waals surface area contributed by atoms with E-state index in [2.05, 4.69) is 269 Å². The zero-order chi connectivity index (χ0) is 55.8. The molecule has 0 N–H and O–H groups in total. The Balaban J connectivity index is 1.36. The molecule has 0 spiro atoms. The lowest BCUT2D eigenvalue weighted by Gasteiger charge is -2.28. The third-order valence-corrected chi connectivity index (χ3v) is 18.8. The molecule has 0 nitrogen and oxygen atoms in total. The average molecular weight is 1030 g/mol. The van der Waals surface area contributed by atoms with Gasteiger partial charge in [0.1, 0.15) is 0 Å². The summed E-state index contributed by atoms with van der Waals surface area (Å²) in [7, 11) is 0. The zero-order valence-corrected chi connectivity index (χ0v) is 50.3. The summed E-state index contributed by atoms with van der Waals surface area (Å²) < 4.78 is 0. The molecular formula is C79H80. The van der Waals surface area contributed by atoms with Gasteiger partial charge in [-0.25, -0.2) is 0 Å². The minimum absolute atomic E-state index is 0.0404. The van der Waals surface area contributed by atoms with E-state index < -0.39 is 0 Å². The van der Waals surface area contributed by atoms with Gasteiger partial charge in [-0.3, -0.25) is 0 Å². The molecule has 2 aliphatic rings. The third kappa shape index (κ3) is 7.96. The highest BCUT2D eigenvalue weighted by Gasteiger charge is 2.33. The van der Waals surface area contributed by atoms with E-state index in [-0.39, 0.29) is 32.5 Å². The van der Waals surface area contributed by atoms with Gasteiger partial charge in [-0.15, -0.1) is 0 Å². The second-order valence-corrected chi connectivity index (χ2v) is 29.7. The highest BCUT2D eigenvalue weighted by molar-refractivity contribution is 6.41. The number of hydrogen-bond donors (Lipinski definition) is 0. The van der Waals surface area contributed by atoms with E-state index in [0.29, 0.717) is 0 Å². The van der Waals surface area contributed by atoms with Crippen LogP contribution in [-0.4, -0.2) is 0 Å². The fraction of sp³-hybridized carbons (Fsp3) is 0.316. The van der Waals surface area contributed by atoms with Crippen molar-refractivity contribution in [3.8, 4) is 33.4 Å². The number of hydrogen-bond acceptors (Lipinski definition) is 0. The van der Waals surface area contributed by atoms with Crippen molar-refractivity contribution < 1.29 is 0 Å². The molecule has 0 saturated carbocycles. The molecular weight excluding hydrogens is 949 g/mol. The summed E-state index contributed by atoms with van der Waals surface area (Å²) in [6, 6.07) is 51.8. The van der Waals surface area contributed by atoms with Gasteiger partial charge >= 0.3 is 0 Å². The van der Waals surface area contributed by atoms with Gasteiger partial charge < -0.3 is 0 Å². The van der Waals surface area contributed by atoms with Gasteiger partial charge in [-0.2, -0.15) is 0 Å². The van der Waals surface area contributed by atoms with Crippen LogP contribution in [0.4, 0.5) is 0 Å². The van der Waals surface area contributed by atoms with Crippen molar-refractivity contribution in [1.29, 1.82) is 0 Å². The lowest BCUT2D eigenvalue weighted by atomic mass is 9.75. The Labute approximate surface area is 470 Å². The monoisotopic (exact) mass is 1030 g/mol. The molecule has 0 heteroatoms. The maximum atomic E-state index is 2.65. The third-order valence-electron chi connectivity index (χ3n) is 18.8. The number of benzene rings is 9. The molecule has 2 aliphatic carbocycles. The maximum absolute atomic E-state index is 2.65. The van der Waals surface area contributed by atoms with Gasteiger partial charge in [0.25, 0.3) is 0 Å². The van der Waals surface area contributed by atoms with Crippen molar-refractivity contribution in [1.82, 2.24) is 0 Å².